The maximum atomic E-state index is 12.4. The lowest BCUT2D eigenvalue weighted by atomic mass is 10.0. The smallest absolute Gasteiger partial charge is 0.343 e. The Labute approximate surface area is 267 Å². The Morgan fingerprint density at radius 1 is 0.787 bits per heavy atom. The number of hydrogen-bond donors (Lipinski definition) is 5. The van der Waals surface area contributed by atoms with Crippen LogP contribution in [0.25, 0.3) is 0 Å². The minimum absolute atomic E-state index is 0. The van der Waals surface area contributed by atoms with Crippen LogP contribution in [0.3, 0.4) is 0 Å². The molecule has 2 atom stereocenters. The fourth-order valence-electron chi connectivity index (χ4n) is 4.45. The topological polar surface area (TPSA) is 317 Å². The van der Waals surface area contributed by atoms with Gasteiger partial charge in [0, 0.05) is 25.0 Å². The number of carbonyl (C=O) groups is 8. The Kier molecular flexibility index (Phi) is 12.0. The molecule has 0 spiro atoms. The van der Waals surface area contributed by atoms with Gasteiger partial charge in [-0.25, -0.2) is 9.59 Å². The van der Waals surface area contributed by atoms with Crippen LogP contribution in [0, 0.1) is 20.2 Å². The van der Waals surface area contributed by atoms with Crippen LogP contribution in [0.1, 0.15) is 67.1 Å². The molecule has 3 aliphatic rings. The van der Waals surface area contributed by atoms with Gasteiger partial charge in [-0.3, -0.25) is 64.5 Å². The van der Waals surface area contributed by atoms with Gasteiger partial charge in [-0.15, -0.1) is 12.4 Å². The van der Waals surface area contributed by atoms with Gasteiger partial charge in [0.25, 0.3) is 23.2 Å². The highest BCUT2D eigenvalue weighted by Gasteiger charge is 2.47. The first kappa shape index (κ1) is 37.0. The SMILES string of the molecule is Cl.NC1CCC(=O)NC1=O.O=C(O)c1cccc([N+](=O)[O-])c1C(=O)O.O=C1CCC(N2C(=O)c3cccc([N+](=O)[O-])c3C2=O)C(=O)N1. The van der Waals surface area contributed by atoms with Crippen molar-refractivity contribution in [2.45, 2.75) is 37.8 Å². The van der Waals surface area contributed by atoms with Crippen molar-refractivity contribution in [2.24, 2.45) is 5.73 Å². The predicted octanol–water partition coefficient (Wildman–Crippen LogP) is 0.159. The molecule has 2 aromatic carbocycles. The summed E-state index contributed by atoms with van der Waals surface area (Å²) in [7, 11) is 0. The van der Waals surface area contributed by atoms with Gasteiger partial charge in [-0.05, 0) is 25.0 Å². The van der Waals surface area contributed by atoms with E-state index in [2.05, 4.69) is 10.6 Å². The van der Waals surface area contributed by atoms with Crippen LogP contribution in [0.4, 0.5) is 11.4 Å². The van der Waals surface area contributed by atoms with E-state index in [4.69, 9.17) is 15.9 Å². The Balaban J connectivity index is 0.000000266. The first-order chi connectivity index (χ1) is 21.6. The third-order valence-electron chi connectivity index (χ3n) is 6.61. The number of amides is 6. The van der Waals surface area contributed by atoms with E-state index in [1.54, 1.807) is 0 Å². The quantitative estimate of drug-likeness (QED) is 0.160. The second kappa shape index (κ2) is 15.2. The van der Waals surface area contributed by atoms with Gasteiger partial charge < -0.3 is 15.9 Å². The molecule has 20 nitrogen and oxygen atoms in total. The number of imide groups is 3. The number of carboxylic acid groups (broad SMARTS) is 2. The van der Waals surface area contributed by atoms with Crippen LogP contribution in [-0.2, 0) is 19.2 Å². The van der Waals surface area contributed by atoms with Crippen LogP contribution in [0.15, 0.2) is 36.4 Å². The summed E-state index contributed by atoms with van der Waals surface area (Å²) < 4.78 is 0. The number of aromatic carboxylic acids is 2. The second-order valence-corrected chi connectivity index (χ2v) is 9.53. The van der Waals surface area contributed by atoms with Crippen LogP contribution < -0.4 is 16.4 Å². The average molecular weight is 679 g/mol. The van der Waals surface area contributed by atoms with Gasteiger partial charge >= 0.3 is 11.9 Å². The van der Waals surface area contributed by atoms with E-state index in [0.29, 0.717) is 17.7 Å². The van der Waals surface area contributed by atoms with Crippen molar-refractivity contribution in [2.75, 3.05) is 0 Å². The van der Waals surface area contributed by atoms with Crippen molar-refractivity contribution in [3.05, 3.63) is 78.9 Å². The zero-order valence-electron chi connectivity index (χ0n) is 23.6. The molecule has 0 saturated carbocycles. The number of piperidine rings is 2. The molecular formula is C26H23ClN6O14. The monoisotopic (exact) mass is 678 g/mol. The Morgan fingerprint density at radius 2 is 1.32 bits per heavy atom. The van der Waals surface area contributed by atoms with E-state index in [0.717, 1.165) is 24.3 Å². The van der Waals surface area contributed by atoms with E-state index in [1.807, 2.05) is 0 Å². The summed E-state index contributed by atoms with van der Waals surface area (Å²) in [5.74, 6) is -6.62. The molecule has 0 aromatic heterocycles. The van der Waals surface area contributed by atoms with E-state index in [-0.39, 0.29) is 48.2 Å². The minimum atomic E-state index is -1.64. The van der Waals surface area contributed by atoms with E-state index < -0.39 is 80.0 Å². The van der Waals surface area contributed by atoms with Crippen molar-refractivity contribution in [1.82, 2.24) is 15.5 Å². The highest BCUT2D eigenvalue weighted by molar-refractivity contribution is 6.25. The number of carboxylic acids is 2. The first-order valence-corrected chi connectivity index (χ1v) is 12.9. The molecule has 47 heavy (non-hydrogen) atoms. The highest BCUT2D eigenvalue weighted by atomic mass is 35.5. The molecule has 0 aliphatic carbocycles. The fourth-order valence-corrected chi connectivity index (χ4v) is 4.45. The lowest BCUT2D eigenvalue weighted by Gasteiger charge is -2.27. The lowest BCUT2D eigenvalue weighted by molar-refractivity contribution is -0.385. The number of nitro groups is 2. The van der Waals surface area contributed by atoms with Crippen molar-refractivity contribution in [3.63, 3.8) is 0 Å². The molecule has 248 valence electrons. The van der Waals surface area contributed by atoms with E-state index in [9.17, 15) is 58.6 Å². The molecule has 0 bridgehead atoms. The number of benzene rings is 2. The number of rotatable bonds is 5. The van der Waals surface area contributed by atoms with Crippen LogP contribution in [0.5, 0.6) is 0 Å². The summed E-state index contributed by atoms with van der Waals surface area (Å²) in [6, 6.07) is 5.16. The van der Waals surface area contributed by atoms with Gasteiger partial charge in [-0.1, -0.05) is 12.1 Å². The number of halogens is 1. The van der Waals surface area contributed by atoms with Gasteiger partial charge in [0.1, 0.15) is 11.6 Å². The first-order valence-electron chi connectivity index (χ1n) is 12.9. The Morgan fingerprint density at radius 3 is 1.81 bits per heavy atom. The molecule has 6 amide bonds. The van der Waals surface area contributed by atoms with Crippen LogP contribution >= 0.6 is 12.4 Å². The largest absolute Gasteiger partial charge is 0.478 e. The van der Waals surface area contributed by atoms with Gasteiger partial charge in [-0.2, -0.15) is 0 Å². The third-order valence-corrected chi connectivity index (χ3v) is 6.61. The zero-order chi connectivity index (χ0) is 34.5. The number of fused-ring (bicyclic) bond motifs is 1. The highest BCUT2D eigenvalue weighted by Crippen LogP contribution is 2.33. The number of nitrogens with one attached hydrogen (secondary N) is 2. The molecule has 2 fully saturated rings. The molecule has 2 unspecified atom stereocenters. The standard InChI is InChI=1S/C13H9N3O6.C8H5NO6.C5H8N2O2.ClH/c17-9-5-4-8(11(18)14-9)15-12(19)6-2-1-3-7(16(21)22)10(6)13(15)20;10-7(11)4-2-1-3-5(9(14)15)6(4)8(12)13;6-3-1-2-4(8)7-5(3)9;/h1-3,8H,4-5H2,(H,14,17,18);1-3H,(H,10,11)(H,12,13);3H,1-2,6H2,(H,7,8,9);1H. The van der Waals surface area contributed by atoms with Gasteiger partial charge in [0.05, 0.1) is 27.0 Å². The Bertz CT molecular complexity index is 1700. The molecular weight excluding hydrogens is 656 g/mol. The van der Waals surface area contributed by atoms with Gasteiger partial charge in [0.2, 0.25) is 23.6 Å². The summed E-state index contributed by atoms with van der Waals surface area (Å²) in [6.07, 6.45) is 0.841. The third kappa shape index (κ3) is 8.12. The van der Waals surface area contributed by atoms with Crippen LogP contribution in [-0.4, -0.2) is 84.4 Å². The number of nitro benzene ring substituents is 2. The molecule has 5 rings (SSSR count). The summed E-state index contributed by atoms with van der Waals surface area (Å²) in [4.78, 5) is 110. The van der Waals surface area contributed by atoms with Crippen molar-refractivity contribution in [3.8, 4) is 0 Å². The van der Waals surface area contributed by atoms with Crippen LogP contribution in [0.2, 0.25) is 0 Å². The normalized spacial score (nSPS) is 18.2. The van der Waals surface area contributed by atoms with Crippen molar-refractivity contribution < 1.29 is 58.4 Å². The number of hydrogen-bond acceptors (Lipinski definition) is 13. The Hall–Kier alpha value is -6.15. The molecule has 21 heteroatoms. The van der Waals surface area contributed by atoms with E-state index in [1.165, 1.54) is 12.1 Å². The number of nitrogens with two attached hydrogens (primary N) is 1. The lowest BCUT2D eigenvalue weighted by Crippen LogP contribution is -2.54. The zero-order valence-corrected chi connectivity index (χ0v) is 24.4. The molecule has 6 N–H and O–H groups in total. The summed E-state index contributed by atoms with van der Waals surface area (Å²) in [6.45, 7) is 0. The molecule has 3 heterocycles. The average Bonchev–Trinajstić information content (AvgIpc) is 3.24. The maximum Gasteiger partial charge on any atom is 0.343 e. The predicted molar refractivity (Wildman–Crippen MR) is 154 cm³/mol. The molecule has 2 aromatic rings. The molecule has 3 aliphatic heterocycles. The summed E-state index contributed by atoms with van der Waals surface area (Å²) in [5, 5.41) is 42.9. The minimum Gasteiger partial charge on any atom is -0.478 e. The second-order valence-electron chi connectivity index (χ2n) is 9.53. The number of nitrogens with zero attached hydrogens (tertiary/aromatic N) is 3. The van der Waals surface area contributed by atoms with E-state index >= 15 is 0 Å². The molecule has 2 saturated heterocycles. The molecule has 0 radical (unpaired) electrons. The van der Waals surface area contributed by atoms with Crippen molar-refractivity contribution in [1.29, 1.82) is 0 Å². The summed E-state index contributed by atoms with van der Waals surface area (Å²) in [5.41, 5.74) is 2.23. The summed E-state index contributed by atoms with van der Waals surface area (Å²) >= 11 is 0. The van der Waals surface area contributed by atoms with Gasteiger partial charge in [0.15, 0.2) is 5.56 Å². The fraction of sp³-hybridized carbons (Fsp3) is 0.231. The van der Waals surface area contributed by atoms with Crippen molar-refractivity contribution >= 4 is 71.2 Å². The number of carbonyl (C=O) groups excluding carboxylic acids is 6. The maximum absolute atomic E-state index is 12.4.